The molecule has 5 heteroatoms. The maximum absolute atomic E-state index is 11.4. The van der Waals surface area contributed by atoms with E-state index in [4.69, 9.17) is 10.2 Å². The van der Waals surface area contributed by atoms with Crippen LogP contribution in [-0.2, 0) is 4.79 Å². The maximum atomic E-state index is 11.4. The van der Waals surface area contributed by atoms with Gasteiger partial charge in [0.2, 0.25) is 0 Å². The summed E-state index contributed by atoms with van der Waals surface area (Å²) in [4.78, 5) is 12.9. The molecule has 0 aromatic rings. The first-order valence-corrected chi connectivity index (χ1v) is 4.42. The molecule has 0 spiro atoms. The highest BCUT2D eigenvalue weighted by Gasteiger charge is 2.29. The lowest BCUT2D eigenvalue weighted by Gasteiger charge is -2.21. The molecule has 1 fully saturated rings. The van der Waals surface area contributed by atoms with E-state index in [0.717, 1.165) is 12.8 Å². The topological polar surface area (TPSA) is 81.0 Å². The average Bonchev–Trinajstić information content (AvgIpc) is 2.67. The fourth-order valence-electron chi connectivity index (χ4n) is 1.39. The number of hydrogen-bond donors (Lipinski definition) is 3. The second kappa shape index (κ2) is 4.55. The minimum absolute atomic E-state index is 0.487. The Morgan fingerprint density at radius 2 is 1.85 bits per heavy atom. The fraction of sp³-hybridized carbons (Fsp3) is 0.875. The molecule has 13 heavy (non-hydrogen) atoms. The minimum atomic E-state index is -1.48. The van der Waals surface area contributed by atoms with Crippen molar-refractivity contribution < 1.29 is 20.1 Å². The van der Waals surface area contributed by atoms with Crippen LogP contribution in [0.3, 0.4) is 0 Å². The minimum Gasteiger partial charge on any atom is -0.394 e. The first-order chi connectivity index (χ1) is 6.16. The molecule has 1 rings (SSSR count). The number of carbonyl (C=O) groups is 1. The molecule has 0 unspecified atom stereocenters. The Kier molecular flexibility index (Phi) is 3.65. The molecule has 2 atom stereocenters. The fourth-order valence-corrected chi connectivity index (χ4v) is 1.39. The molecule has 1 aliphatic rings. The molecular formula is C8H15NO4. The molecule has 1 heterocycles. The van der Waals surface area contributed by atoms with Gasteiger partial charge in [0.05, 0.1) is 6.61 Å². The molecule has 1 aliphatic heterocycles. The molecule has 5 nitrogen and oxygen atoms in total. The highest BCUT2D eigenvalue weighted by Crippen LogP contribution is 2.10. The van der Waals surface area contributed by atoms with Crippen LogP contribution in [0.2, 0.25) is 0 Å². The molecule has 76 valence electrons. The predicted octanol–water partition coefficient (Wildman–Crippen LogP) is -1.68. The van der Waals surface area contributed by atoms with Gasteiger partial charge in [0.25, 0.3) is 5.91 Å². The zero-order valence-electron chi connectivity index (χ0n) is 7.39. The number of likely N-dealkylation sites (tertiary alicyclic amines) is 1. The quantitative estimate of drug-likeness (QED) is 0.495. The zero-order chi connectivity index (χ0) is 9.84. The molecule has 1 amide bonds. The summed E-state index contributed by atoms with van der Waals surface area (Å²) in [7, 11) is 0. The summed E-state index contributed by atoms with van der Waals surface area (Å²) in [6.07, 6.45) is -0.974. The number of hydrogen-bond acceptors (Lipinski definition) is 4. The van der Waals surface area contributed by atoms with Crippen molar-refractivity contribution in [2.24, 2.45) is 0 Å². The molecule has 0 aromatic heterocycles. The van der Waals surface area contributed by atoms with Gasteiger partial charge in [0, 0.05) is 13.1 Å². The van der Waals surface area contributed by atoms with Gasteiger partial charge in [-0.2, -0.15) is 0 Å². The van der Waals surface area contributed by atoms with Crippen LogP contribution < -0.4 is 0 Å². The Labute approximate surface area is 76.6 Å². The van der Waals surface area contributed by atoms with Crippen LogP contribution in [0.25, 0.3) is 0 Å². The Hall–Kier alpha value is -0.650. The van der Waals surface area contributed by atoms with Crippen LogP contribution in [0.1, 0.15) is 12.8 Å². The highest BCUT2D eigenvalue weighted by molar-refractivity contribution is 5.81. The lowest BCUT2D eigenvalue weighted by atomic mass is 10.2. The van der Waals surface area contributed by atoms with Crippen LogP contribution in [0, 0.1) is 0 Å². The smallest absolute Gasteiger partial charge is 0.254 e. The molecule has 0 aliphatic carbocycles. The number of nitrogens with zero attached hydrogens (tertiary/aromatic N) is 1. The van der Waals surface area contributed by atoms with Crippen LogP contribution in [-0.4, -0.2) is 58.0 Å². The van der Waals surface area contributed by atoms with Crippen LogP contribution in [0.5, 0.6) is 0 Å². The molecule has 0 radical (unpaired) electrons. The van der Waals surface area contributed by atoms with Crippen molar-refractivity contribution in [1.29, 1.82) is 0 Å². The second-order valence-electron chi connectivity index (χ2n) is 3.23. The third kappa shape index (κ3) is 2.40. The van der Waals surface area contributed by atoms with Crippen molar-refractivity contribution in [1.82, 2.24) is 4.90 Å². The number of aliphatic hydroxyl groups is 3. The highest BCUT2D eigenvalue weighted by atomic mass is 16.4. The summed E-state index contributed by atoms with van der Waals surface area (Å²) < 4.78 is 0. The molecule has 0 aromatic carbocycles. The van der Waals surface area contributed by atoms with Gasteiger partial charge in [-0.1, -0.05) is 0 Å². The van der Waals surface area contributed by atoms with Gasteiger partial charge in [-0.15, -0.1) is 0 Å². The first kappa shape index (κ1) is 10.4. The number of aliphatic hydroxyl groups excluding tert-OH is 3. The van der Waals surface area contributed by atoms with Gasteiger partial charge >= 0.3 is 0 Å². The van der Waals surface area contributed by atoms with E-state index in [1.54, 1.807) is 0 Å². The van der Waals surface area contributed by atoms with Crippen molar-refractivity contribution in [3.63, 3.8) is 0 Å². The van der Waals surface area contributed by atoms with Crippen LogP contribution in [0.15, 0.2) is 0 Å². The van der Waals surface area contributed by atoms with E-state index >= 15 is 0 Å². The summed E-state index contributed by atoms with van der Waals surface area (Å²) in [6, 6.07) is 0. The Morgan fingerprint density at radius 3 is 2.31 bits per heavy atom. The lowest BCUT2D eigenvalue weighted by Crippen LogP contribution is -2.44. The average molecular weight is 189 g/mol. The Bertz CT molecular complexity index is 179. The van der Waals surface area contributed by atoms with E-state index in [9.17, 15) is 9.90 Å². The third-order valence-electron chi connectivity index (χ3n) is 2.22. The SMILES string of the molecule is O=C([C@H](O)[C@H](O)CO)N1CCCC1. The summed E-state index contributed by atoms with van der Waals surface area (Å²) >= 11 is 0. The van der Waals surface area contributed by atoms with E-state index < -0.39 is 24.7 Å². The van der Waals surface area contributed by atoms with Crippen molar-refractivity contribution in [3.8, 4) is 0 Å². The van der Waals surface area contributed by atoms with E-state index in [2.05, 4.69) is 0 Å². The van der Waals surface area contributed by atoms with E-state index in [1.165, 1.54) is 4.90 Å². The number of amides is 1. The van der Waals surface area contributed by atoms with E-state index in [0.29, 0.717) is 13.1 Å². The third-order valence-corrected chi connectivity index (χ3v) is 2.22. The van der Waals surface area contributed by atoms with Gasteiger partial charge in [0.15, 0.2) is 6.10 Å². The normalized spacial score (nSPS) is 21.6. The van der Waals surface area contributed by atoms with Crippen molar-refractivity contribution in [2.75, 3.05) is 19.7 Å². The predicted molar refractivity (Wildman–Crippen MR) is 44.9 cm³/mol. The first-order valence-electron chi connectivity index (χ1n) is 4.42. The van der Waals surface area contributed by atoms with Crippen molar-refractivity contribution >= 4 is 5.91 Å². The van der Waals surface area contributed by atoms with Gasteiger partial charge in [-0.05, 0) is 12.8 Å². The summed E-state index contributed by atoms with van der Waals surface area (Å²) in [5.74, 6) is -0.487. The molecule has 3 N–H and O–H groups in total. The van der Waals surface area contributed by atoms with Crippen LogP contribution >= 0.6 is 0 Å². The summed E-state index contributed by atoms with van der Waals surface area (Å²) in [6.45, 7) is 0.669. The van der Waals surface area contributed by atoms with E-state index in [-0.39, 0.29) is 0 Å². The van der Waals surface area contributed by atoms with Gasteiger partial charge in [-0.25, -0.2) is 0 Å². The Morgan fingerprint density at radius 1 is 1.31 bits per heavy atom. The van der Waals surface area contributed by atoms with Crippen LogP contribution in [0.4, 0.5) is 0 Å². The van der Waals surface area contributed by atoms with Crippen molar-refractivity contribution in [2.45, 2.75) is 25.0 Å². The van der Waals surface area contributed by atoms with Gasteiger partial charge in [-0.3, -0.25) is 4.79 Å². The maximum Gasteiger partial charge on any atom is 0.254 e. The van der Waals surface area contributed by atoms with Gasteiger partial charge in [0.1, 0.15) is 6.10 Å². The largest absolute Gasteiger partial charge is 0.394 e. The van der Waals surface area contributed by atoms with E-state index in [1.807, 2.05) is 0 Å². The summed E-state index contributed by atoms with van der Waals surface area (Å²) in [5, 5.41) is 26.8. The number of rotatable bonds is 3. The number of carbonyl (C=O) groups excluding carboxylic acids is 1. The lowest BCUT2D eigenvalue weighted by molar-refractivity contribution is -0.146. The zero-order valence-corrected chi connectivity index (χ0v) is 7.39. The molecule has 0 saturated carbocycles. The second-order valence-corrected chi connectivity index (χ2v) is 3.23. The van der Waals surface area contributed by atoms with Crippen molar-refractivity contribution in [3.05, 3.63) is 0 Å². The molecule has 0 bridgehead atoms. The van der Waals surface area contributed by atoms with Gasteiger partial charge < -0.3 is 20.2 Å². The summed E-state index contributed by atoms with van der Waals surface area (Å²) in [5.41, 5.74) is 0. The Balaban J connectivity index is 2.45. The standard InChI is InChI=1S/C8H15NO4/c10-5-6(11)7(12)8(13)9-3-1-2-4-9/h6-7,10-12H,1-5H2/t6-,7-/m1/s1. The monoisotopic (exact) mass is 189 g/mol. The molecular weight excluding hydrogens is 174 g/mol. The molecule has 1 saturated heterocycles.